The molecule has 0 radical (unpaired) electrons. The number of carbonyl (C=O) groups excluding carboxylic acids is 1. The first kappa shape index (κ1) is 25.9. The minimum Gasteiger partial charge on any atom is -0.456 e. The molecule has 3 heterocycles. The van der Waals surface area contributed by atoms with Crippen molar-refractivity contribution < 1.29 is 14.6 Å². The van der Waals surface area contributed by atoms with E-state index in [0.717, 1.165) is 11.3 Å². The van der Waals surface area contributed by atoms with Gasteiger partial charge in [0, 0.05) is 30.2 Å². The second-order valence-electron chi connectivity index (χ2n) is 9.94. The van der Waals surface area contributed by atoms with Gasteiger partial charge in [-0.25, -0.2) is 14.8 Å². The second-order valence-corrected chi connectivity index (χ2v) is 10.3. The number of fused-ring (bicyclic) bond motifs is 1. The maximum atomic E-state index is 12.9. The molecule has 5 aromatic rings. The molecule has 6 rings (SSSR count). The number of carbonyl (C=O) groups is 1. The Bertz CT molecular complexity index is 1650. The number of aliphatic hydroxyl groups is 1. The number of aromatic nitrogens is 5. The Balaban J connectivity index is 1.31. The number of anilines is 1. The zero-order valence-electron chi connectivity index (χ0n) is 21.7. The van der Waals surface area contributed by atoms with Crippen molar-refractivity contribution in [3.8, 4) is 22.6 Å². The lowest BCUT2D eigenvalue weighted by Crippen LogP contribution is -2.36. The number of nitrogens with one attached hydrogen (secondary N) is 1. The van der Waals surface area contributed by atoms with E-state index >= 15 is 0 Å². The lowest BCUT2D eigenvalue weighted by atomic mass is 9.98. The zero-order valence-corrected chi connectivity index (χ0v) is 22.4. The van der Waals surface area contributed by atoms with Crippen LogP contribution in [0.1, 0.15) is 23.7 Å². The fourth-order valence-corrected chi connectivity index (χ4v) is 5.44. The Morgan fingerprint density at radius 1 is 1.02 bits per heavy atom. The van der Waals surface area contributed by atoms with Crippen LogP contribution in [-0.2, 0) is 4.74 Å². The van der Waals surface area contributed by atoms with Gasteiger partial charge in [0.15, 0.2) is 5.65 Å². The van der Waals surface area contributed by atoms with Gasteiger partial charge >= 0.3 is 5.97 Å². The molecule has 0 bridgehead atoms. The number of hydrogen-bond acceptors (Lipinski definition) is 8. The van der Waals surface area contributed by atoms with Gasteiger partial charge in [0.25, 0.3) is 0 Å². The molecule has 4 atom stereocenters. The summed E-state index contributed by atoms with van der Waals surface area (Å²) < 4.78 is 7.65. The number of hydrogen-bond donors (Lipinski definition) is 2. The second kappa shape index (κ2) is 11.0. The van der Waals surface area contributed by atoms with E-state index in [4.69, 9.17) is 26.4 Å². The molecular formula is C30H27ClN6O3. The molecule has 0 spiro atoms. The molecule has 3 aromatic heterocycles. The number of ether oxygens (including phenoxy) is 1. The molecule has 2 N–H and O–H groups in total. The smallest absolute Gasteiger partial charge is 0.338 e. The number of nitrogens with zero attached hydrogens (tertiary/aromatic N) is 5. The summed E-state index contributed by atoms with van der Waals surface area (Å²) in [5.74, 6) is 0.0826. The van der Waals surface area contributed by atoms with Crippen LogP contribution in [0.4, 0.5) is 5.82 Å². The summed E-state index contributed by atoms with van der Waals surface area (Å²) in [4.78, 5) is 26.5. The molecule has 1 aliphatic carbocycles. The highest BCUT2D eigenvalue weighted by Gasteiger charge is 2.43. The molecule has 2 aromatic carbocycles. The van der Waals surface area contributed by atoms with Gasteiger partial charge in [0.05, 0.1) is 29.7 Å². The van der Waals surface area contributed by atoms with Crippen molar-refractivity contribution in [1.29, 1.82) is 0 Å². The third-order valence-corrected chi connectivity index (χ3v) is 7.59. The van der Waals surface area contributed by atoms with Crippen molar-refractivity contribution in [3.05, 3.63) is 95.9 Å². The molecule has 9 nitrogen and oxygen atoms in total. The number of aliphatic hydroxyl groups excluding tert-OH is 1. The van der Waals surface area contributed by atoms with Crippen molar-refractivity contribution >= 4 is 29.0 Å². The van der Waals surface area contributed by atoms with Crippen LogP contribution >= 0.6 is 11.6 Å². The highest BCUT2D eigenvalue weighted by Crippen LogP contribution is 2.37. The van der Waals surface area contributed by atoms with Crippen molar-refractivity contribution in [1.82, 2.24) is 24.6 Å². The third kappa shape index (κ3) is 5.13. The summed E-state index contributed by atoms with van der Waals surface area (Å²) >= 11 is 6.41. The number of halogens is 1. The van der Waals surface area contributed by atoms with Crippen LogP contribution in [0.2, 0.25) is 5.15 Å². The molecule has 0 saturated heterocycles. The van der Waals surface area contributed by atoms with Gasteiger partial charge in [0.1, 0.15) is 28.5 Å². The van der Waals surface area contributed by atoms with Crippen LogP contribution in [0.5, 0.6) is 0 Å². The lowest BCUT2D eigenvalue weighted by molar-refractivity contribution is 0.0154. The monoisotopic (exact) mass is 554 g/mol. The van der Waals surface area contributed by atoms with E-state index in [0.29, 0.717) is 34.8 Å². The zero-order chi connectivity index (χ0) is 27.6. The fraction of sp³-hybridized carbons (Fsp3) is 0.233. The van der Waals surface area contributed by atoms with E-state index in [-0.39, 0.29) is 29.6 Å². The standard InChI is InChI=1S/C30H27ClN6O3/c1-18-21(17-38)12-23(29(18)40-30(39)20-10-6-3-7-11-20)34-28-14-26(31)35-27-13-22(36-37(27)28)25-16-32-15-24(33-25)19-8-4-2-5-9-19/h2-11,13-16,18,21,23,29,34,38H,12,17H2,1H3/t18-,21-,23-,29?/m1/s1. The van der Waals surface area contributed by atoms with Gasteiger partial charge in [-0.3, -0.25) is 4.98 Å². The summed E-state index contributed by atoms with van der Waals surface area (Å²) in [6.45, 7) is 1.98. The molecule has 202 valence electrons. The lowest BCUT2D eigenvalue weighted by Gasteiger charge is -2.25. The van der Waals surface area contributed by atoms with Crippen LogP contribution in [0.15, 0.2) is 85.2 Å². The Morgan fingerprint density at radius 3 is 2.50 bits per heavy atom. The van der Waals surface area contributed by atoms with Crippen LogP contribution in [-0.4, -0.2) is 54.4 Å². The molecule has 1 unspecified atom stereocenters. The van der Waals surface area contributed by atoms with Crippen LogP contribution in [0.3, 0.4) is 0 Å². The highest BCUT2D eigenvalue weighted by molar-refractivity contribution is 6.29. The van der Waals surface area contributed by atoms with Gasteiger partial charge in [-0.05, 0) is 24.5 Å². The minimum atomic E-state index is -0.477. The van der Waals surface area contributed by atoms with E-state index in [9.17, 15) is 9.90 Å². The minimum absolute atomic E-state index is 0.00636. The van der Waals surface area contributed by atoms with E-state index in [1.165, 1.54) is 0 Å². The summed E-state index contributed by atoms with van der Waals surface area (Å²) in [6.07, 6.45) is 3.50. The van der Waals surface area contributed by atoms with Crippen LogP contribution < -0.4 is 5.32 Å². The van der Waals surface area contributed by atoms with Gasteiger partial charge in [-0.2, -0.15) is 9.61 Å². The fourth-order valence-electron chi connectivity index (χ4n) is 5.25. The Kier molecular flexibility index (Phi) is 7.15. The summed E-state index contributed by atoms with van der Waals surface area (Å²) in [5, 5.41) is 18.5. The Morgan fingerprint density at radius 2 is 1.75 bits per heavy atom. The van der Waals surface area contributed by atoms with E-state index in [2.05, 4.69) is 15.3 Å². The normalized spacial score (nSPS) is 20.5. The maximum Gasteiger partial charge on any atom is 0.338 e. The Hall–Kier alpha value is -4.34. The molecule has 0 aliphatic heterocycles. The van der Waals surface area contributed by atoms with Gasteiger partial charge < -0.3 is 15.2 Å². The van der Waals surface area contributed by atoms with Gasteiger partial charge in [-0.1, -0.05) is 67.1 Å². The Labute approximate surface area is 235 Å². The third-order valence-electron chi connectivity index (χ3n) is 7.40. The van der Waals surface area contributed by atoms with Crippen molar-refractivity contribution in [2.45, 2.75) is 25.5 Å². The average Bonchev–Trinajstić information content (AvgIpc) is 3.55. The maximum absolute atomic E-state index is 12.9. The summed E-state index contributed by atoms with van der Waals surface area (Å²) in [5.41, 5.74) is 3.87. The topological polar surface area (TPSA) is 115 Å². The average molecular weight is 555 g/mol. The van der Waals surface area contributed by atoms with E-state index < -0.39 is 12.1 Å². The first-order valence-electron chi connectivity index (χ1n) is 13.1. The summed E-state index contributed by atoms with van der Waals surface area (Å²) in [6, 6.07) is 21.9. The largest absolute Gasteiger partial charge is 0.456 e. The van der Waals surface area contributed by atoms with Crippen LogP contribution in [0.25, 0.3) is 28.3 Å². The van der Waals surface area contributed by atoms with Crippen molar-refractivity contribution in [3.63, 3.8) is 0 Å². The molecule has 1 saturated carbocycles. The molecule has 40 heavy (non-hydrogen) atoms. The molecule has 1 fully saturated rings. The van der Waals surface area contributed by atoms with E-state index in [1.54, 1.807) is 53.3 Å². The predicted octanol–water partition coefficient (Wildman–Crippen LogP) is 5.16. The van der Waals surface area contributed by atoms with Crippen molar-refractivity contribution in [2.75, 3.05) is 11.9 Å². The molecule has 10 heteroatoms. The first-order chi connectivity index (χ1) is 19.5. The SMILES string of the molecule is C[C@H]1C(OC(=O)c2ccccc2)[C@H](Nc2cc(Cl)nc3cc(-c4cncc(-c5ccccc5)n4)nn23)C[C@@H]1CO. The summed E-state index contributed by atoms with van der Waals surface area (Å²) in [7, 11) is 0. The predicted molar refractivity (Wildman–Crippen MR) is 152 cm³/mol. The molecule has 1 aliphatic rings. The first-order valence-corrected chi connectivity index (χ1v) is 13.5. The number of esters is 1. The number of benzene rings is 2. The van der Waals surface area contributed by atoms with Crippen LogP contribution in [0, 0.1) is 11.8 Å². The number of rotatable bonds is 7. The quantitative estimate of drug-likeness (QED) is 0.209. The molecule has 0 amide bonds. The van der Waals surface area contributed by atoms with Crippen molar-refractivity contribution in [2.24, 2.45) is 11.8 Å². The van der Waals surface area contributed by atoms with Gasteiger partial charge in [0.2, 0.25) is 0 Å². The highest BCUT2D eigenvalue weighted by atomic mass is 35.5. The van der Waals surface area contributed by atoms with Gasteiger partial charge in [-0.15, -0.1) is 0 Å². The molecular weight excluding hydrogens is 528 g/mol. The van der Waals surface area contributed by atoms with E-state index in [1.807, 2.05) is 43.3 Å².